The van der Waals surface area contributed by atoms with Gasteiger partial charge in [-0.05, 0) is 0 Å². The van der Waals surface area contributed by atoms with Gasteiger partial charge in [-0.25, -0.2) is 4.79 Å². The molecule has 9 heteroatoms. The van der Waals surface area contributed by atoms with Crippen LogP contribution in [-0.4, -0.2) is 75.0 Å². The minimum Gasteiger partial charge on any atom is -0.478 e. The van der Waals surface area contributed by atoms with Crippen molar-refractivity contribution in [1.82, 2.24) is 9.80 Å². The Morgan fingerprint density at radius 1 is 1.28 bits per heavy atom. The van der Waals surface area contributed by atoms with E-state index in [1.54, 1.807) is 6.92 Å². The zero-order valence-corrected chi connectivity index (χ0v) is 15.5. The number of carbonyl (C=O) groups is 3. The number of carboxylic acids is 1. The summed E-state index contributed by atoms with van der Waals surface area (Å²) < 4.78 is 5.46. The Labute approximate surface area is 154 Å². The molecule has 2 fully saturated rings. The van der Waals surface area contributed by atoms with E-state index in [0.29, 0.717) is 31.1 Å². The van der Waals surface area contributed by atoms with Crippen LogP contribution in [-0.2, 0) is 11.2 Å². The lowest BCUT2D eigenvalue weighted by Crippen LogP contribution is -2.51. The first-order chi connectivity index (χ1) is 12.0. The van der Waals surface area contributed by atoms with Crippen LogP contribution in [0.5, 0.6) is 0 Å². The summed E-state index contributed by atoms with van der Waals surface area (Å²) in [6.45, 7) is 3.18. The second kappa shape index (κ2) is 7.74. The minimum atomic E-state index is -1.12. The molecular formula is C16H20N2O5S2. The first-order valence-electron chi connectivity index (χ1n) is 8.14. The van der Waals surface area contributed by atoms with Crippen molar-refractivity contribution < 1.29 is 23.9 Å². The van der Waals surface area contributed by atoms with E-state index < -0.39 is 17.9 Å². The summed E-state index contributed by atoms with van der Waals surface area (Å²) in [6, 6.07) is 0.759. The number of aryl methyl sites for hydroxylation is 1. The maximum atomic E-state index is 12.8. The average molecular weight is 384 g/mol. The molecule has 1 N–H and O–H groups in total. The maximum absolute atomic E-state index is 12.8. The van der Waals surface area contributed by atoms with Crippen molar-refractivity contribution in [2.75, 3.05) is 36.2 Å². The first-order valence-corrected chi connectivity index (χ1v) is 10.4. The molecule has 0 saturated carbocycles. The summed E-state index contributed by atoms with van der Waals surface area (Å²) in [5, 5.41) is 9.22. The third-order valence-corrected chi connectivity index (χ3v) is 6.28. The number of carbonyl (C=O) groups excluding carboxylic acids is 2. The Hall–Kier alpha value is -1.61. The van der Waals surface area contributed by atoms with Crippen LogP contribution >= 0.6 is 23.5 Å². The summed E-state index contributed by atoms with van der Waals surface area (Å²) in [4.78, 5) is 40.1. The van der Waals surface area contributed by atoms with Crippen LogP contribution in [0.25, 0.3) is 0 Å². The molecule has 0 spiro atoms. The number of hydrogen-bond acceptors (Lipinski definition) is 6. The zero-order chi connectivity index (χ0) is 18.0. The Kier molecular flexibility index (Phi) is 5.63. The van der Waals surface area contributed by atoms with Crippen LogP contribution in [0.4, 0.5) is 0 Å². The molecule has 0 aromatic carbocycles. The van der Waals surface area contributed by atoms with Gasteiger partial charge in [0.1, 0.15) is 17.4 Å². The fourth-order valence-corrected chi connectivity index (χ4v) is 5.01. The van der Waals surface area contributed by atoms with Crippen LogP contribution in [0.3, 0.4) is 0 Å². The van der Waals surface area contributed by atoms with Gasteiger partial charge < -0.3 is 19.3 Å². The van der Waals surface area contributed by atoms with Crippen LogP contribution < -0.4 is 0 Å². The van der Waals surface area contributed by atoms with E-state index in [-0.39, 0.29) is 23.0 Å². The molecule has 0 aliphatic carbocycles. The number of thioether (sulfide) groups is 2. The fourth-order valence-electron chi connectivity index (χ4n) is 2.96. The van der Waals surface area contributed by atoms with Crippen molar-refractivity contribution in [3.63, 3.8) is 0 Å². The number of hydrogen-bond donors (Lipinski definition) is 1. The van der Waals surface area contributed by atoms with E-state index >= 15 is 0 Å². The van der Waals surface area contributed by atoms with Crippen LogP contribution in [0.2, 0.25) is 0 Å². The van der Waals surface area contributed by atoms with E-state index in [9.17, 15) is 19.5 Å². The molecule has 136 valence electrons. The maximum Gasteiger partial charge on any atom is 0.339 e. The van der Waals surface area contributed by atoms with Crippen molar-refractivity contribution in [2.24, 2.45) is 0 Å². The van der Waals surface area contributed by atoms with Gasteiger partial charge in [-0.2, -0.15) is 11.8 Å². The first kappa shape index (κ1) is 18.2. The molecule has 1 unspecified atom stereocenters. The lowest BCUT2D eigenvalue weighted by atomic mass is 10.2. The van der Waals surface area contributed by atoms with Crippen molar-refractivity contribution >= 4 is 41.3 Å². The summed E-state index contributed by atoms with van der Waals surface area (Å²) in [6.07, 6.45) is 0.386. The number of amides is 2. The van der Waals surface area contributed by atoms with Gasteiger partial charge >= 0.3 is 5.97 Å². The van der Waals surface area contributed by atoms with Crippen LogP contribution in [0.15, 0.2) is 10.5 Å². The predicted molar refractivity (Wildman–Crippen MR) is 96.2 cm³/mol. The second-order valence-electron chi connectivity index (χ2n) is 5.83. The highest BCUT2D eigenvalue weighted by atomic mass is 32.2. The van der Waals surface area contributed by atoms with Gasteiger partial charge in [0.25, 0.3) is 5.91 Å². The highest BCUT2D eigenvalue weighted by Crippen LogP contribution is 2.27. The number of nitrogens with zero attached hydrogens (tertiary/aromatic N) is 2. The third kappa shape index (κ3) is 3.67. The number of rotatable bonds is 4. The van der Waals surface area contributed by atoms with Crippen molar-refractivity contribution in [2.45, 2.75) is 19.4 Å². The normalized spacial score (nSPS) is 20.8. The molecular weight excluding hydrogens is 364 g/mol. The van der Waals surface area contributed by atoms with E-state index in [4.69, 9.17) is 4.42 Å². The quantitative estimate of drug-likeness (QED) is 0.844. The highest BCUT2D eigenvalue weighted by Gasteiger charge is 2.39. The predicted octanol–water partition coefficient (Wildman–Crippen LogP) is 1.63. The lowest BCUT2D eigenvalue weighted by Gasteiger charge is -2.31. The van der Waals surface area contributed by atoms with E-state index in [0.717, 1.165) is 11.5 Å². The molecule has 2 amide bonds. The third-order valence-electron chi connectivity index (χ3n) is 4.32. The SMILES string of the molecule is CCc1oc(C(=O)N2CSCC2C(=O)N2CCSCC2)cc1C(=O)O. The van der Waals surface area contributed by atoms with Gasteiger partial charge in [-0.3, -0.25) is 9.59 Å². The molecule has 1 aromatic heterocycles. The monoisotopic (exact) mass is 384 g/mol. The summed E-state index contributed by atoms with van der Waals surface area (Å²) in [7, 11) is 0. The standard InChI is InChI=1S/C16H20N2O5S2/c1-2-12-10(16(21)22)7-13(23-12)15(20)18-9-25-8-11(18)14(19)17-3-5-24-6-4-17/h7,11H,2-6,8-9H2,1H3,(H,21,22). The van der Waals surface area contributed by atoms with Crippen molar-refractivity contribution in [3.8, 4) is 0 Å². The Balaban J connectivity index is 1.78. The average Bonchev–Trinajstić information content (AvgIpc) is 3.28. The second-order valence-corrected chi connectivity index (χ2v) is 8.06. The van der Waals surface area contributed by atoms with E-state index in [1.807, 2.05) is 16.7 Å². The van der Waals surface area contributed by atoms with Gasteiger partial charge in [0, 0.05) is 42.8 Å². The molecule has 1 aromatic rings. The van der Waals surface area contributed by atoms with Gasteiger partial charge in [-0.15, -0.1) is 11.8 Å². The summed E-state index contributed by atoms with van der Waals surface area (Å²) in [5.74, 6) is 1.50. The van der Waals surface area contributed by atoms with E-state index in [1.165, 1.54) is 22.7 Å². The molecule has 2 aliphatic rings. The molecule has 7 nitrogen and oxygen atoms in total. The van der Waals surface area contributed by atoms with Gasteiger partial charge in [0.2, 0.25) is 5.91 Å². The van der Waals surface area contributed by atoms with Gasteiger partial charge in [0.15, 0.2) is 5.76 Å². The van der Waals surface area contributed by atoms with Crippen LogP contribution in [0.1, 0.15) is 33.6 Å². The molecule has 3 heterocycles. The molecule has 3 rings (SSSR count). The summed E-state index contributed by atoms with van der Waals surface area (Å²) >= 11 is 3.34. The fraction of sp³-hybridized carbons (Fsp3) is 0.562. The van der Waals surface area contributed by atoms with Gasteiger partial charge in [-0.1, -0.05) is 6.92 Å². The topological polar surface area (TPSA) is 91.1 Å². The Morgan fingerprint density at radius 2 is 2.00 bits per heavy atom. The summed E-state index contributed by atoms with van der Waals surface area (Å²) in [5.41, 5.74) is 0.00799. The molecule has 0 radical (unpaired) electrons. The lowest BCUT2D eigenvalue weighted by molar-refractivity contribution is -0.134. The molecule has 1 atom stereocenters. The zero-order valence-electron chi connectivity index (χ0n) is 13.9. The molecule has 2 saturated heterocycles. The van der Waals surface area contributed by atoms with E-state index in [2.05, 4.69) is 0 Å². The molecule has 25 heavy (non-hydrogen) atoms. The number of aromatic carboxylic acids is 1. The smallest absolute Gasteiger partial charge is 0.339 e. The molecule has 2 aliphatic heterocycles. The Bertz CT molecular complexity index is 684. The largest absolute Gasteiger partial charge is 0.478 e. The highest BCUT2D eigenvalue weighted by molar-refractivity contribution is 7.99. The molecule has 0 bridgehead atoms. The van der Waals surface area contributed by atoms with Gasteiger partial charge in [0.05, 0.1) is 5.88 Å². The number of furan rings is 1. The minimum absolute atomic E-state index is 0.00799. The Morgan fingerprint density at radius 3 is 2.60 bits per heavy atom. The van der Waals surface area contributed by atoms with Crippen molar-refractivity contribution in [3.05, 3.63) is 23.2 Å². The van der Waals surface area contributed by atoms with Crippen LogP contribution in [0, 0.1) is 0 Å². The van der Waals surface area contributed by atoms with Crippen molar-refractivity contribution in [1.29, 1.82) is 0 Å². The number of carboxylic acid groups (broad SMARTS) is 1.